The molecule has 0 saturated carbocycles. The van der Waals surface area contributed by atoms with E-state index >= 15 is 0 Å². The molecule has 1 aromatic heterocycles. The second kappa shape index (κ2) is 4.09. The van der Waals surface area contributed by atoms with Crippen LogP contribution in [0.5, 0.6) is 0 Å². The minimum absolute atomic E-state index is 0.569. The molecule has 1 unspecified atom stereocenters. The molecule has 76 valence electrons. The number of hydrogen-bond acceptors (Lipinski definition) is 2. The van der Waals surface area contributed by atoms with Crippen molar-refractivity contribution in [2.45, 2.75) is 32.7 Å². The van der Waals surface area contributed by atoms with E-state index in [-0.39, 0.29) is 0 Å². The molecule has 1 aromatic rings. The molecule has 1 saturated heterocycles. The predicted molar refractivity (Wildman–Crippen MR) is 58.2 cm³/mol. The molecule has 0 spiro atoms. The van der Waals surface area contributed by atoms with Gasteiger partial charge in [0, 0.05) is 5.69 Å². The minimum atomic E-state index is 0.569. The van der Waals surface area contributed by atoms with Gasteiger partial charge in [0.1, 0.15) is 0 Å². The Morgan fingerprint density at radius 1 is 1.50 bits per heavy atom. The Bertz CT molecular complexity index is 309. The summed E-state index contributed by atoms with van der Waals surface area (Å²) in [5, 5.41) is 0. The van der Waals surface area contributed by atoms with E-state index in [2.05, 4.69) is 41.9 Å². The van der Waals surface area contributed by atoms with Gasteiger partial charge in [-0.15, -0.1) is 0 Å². The van der Waals surface area contributed by atoms with Gasteiger partial charge in [-0.25, -0.2) is 0 Å². The van der Waals surface area contributed by atoms with Crippen LogP contribution in [0, 0.1) is 6.92 Å². The second-order valence-electron chi connectivity index (χ2n) is 3.99. The monoisotopic (exact) mass is 190 g/mol. The molecule has 2 nitrogen and oxygen atoms in total. The van der Waals surface area contributed by atoms with Gasteiger partial charge in [0.15, 0.2) is 0 Å². The average Bonchev–Trinajstić information content (AvgIpc) is 2.65. The Labute approximate surface area is 86.0 Å². The zero-order valence-electron chi connectivity index (χ0n) is 9.03. The molecule has 1 atom stereocenters. The van der Waals surface area contributed by atoms with Crippen LogP contribution in [0.15, 0.2) is 18.2 Å². The van der Waals surface area contributed by atoms with E-state index in [0.717, 1.165) is 12.2 Å². The van der Waals surface area contributed by atoms with Crippen molar-refractivity contribution in [3.63, 3.8) is 0 Å². The smallest absolute Gasteiger partial charge is 0.0578 e. The fraction of sp³-hybridized carbons (Fsp3) is 0.583. The number of aryl methyl sites for hydroxylation is 1. The van der Waals surface area contributed by atoms with Crippen LogP contribution in [0.4, 0.5) is 0 Å². The highest BCUT2D eigenvalue weighted by Gasteiger charge is 2.25. The minimum Gasteiger partial charge on any atom is -0.295 e. The van der Waals surface area contributed by atoms with Crippen molar-refractivity contribution in [2.24, 2.45) is 0 Å². The highest BCUT2D eigenvalue weighted by Crippen LogP contribution is 2.30. The molecule has 0 N–H and O–H groups in total. The van der Waals surface area contributed by atoms with Crippen molar-refractivity contribution < 1.29 is 0 Å². The third-order valence-electron chi connectivity index (χ3n) is 3.02. The Morgan fingerprint density at radius 2 is 2.36 bits per heavy atom. The molecule has 0 aromatic carbocycles. The van der Waals surface area contributed by atoms with Gasteiger partial charge in [-0.1, -0.05) is 13.0 Å². The van der Waals surface area contributed by atoms with Gasteiger partial charge < -0.3 is 0 Å². The first-order valence-corrected chi connectivity index (χ1v) is 5.49. The number of aromatic nitrogens is 1. The zero-order chi connectivity index (χ0) is 9.97. The van der Waals surface area contributed by atoms with E-state index in [4.69, 9.17) is 0 Å². The number of rotatable bonds is 2. The summed E-state index contributed by atoms with van der Waals surface area (Å²) in [5.41, 5.74) is 2.38. The van der Waals surface area contributed by atoms with E-state index in [1.807, 2.05) is 0 Å². The van der Waals surface area contributed by atoms with Crippen LogP contribution in [0.2, 0.25) is 0 Å². The molecule has 0 radical (unpaired) electrons. The molecule has 1 fully saturated rings. The molecule has 2 rings (SSSR count). The fourth-order valence-electron chi connectivity index (χ4n) is 2.29. The lowest BCUT2D eigenvalue weighted by Gasteiger charge is -2.22. The van der Waals surface area contributed by atoms with Crippen LogP contribution >= 0.6 is 0 Å². The second-order valence-corrected chi connectivity index (χ2v) is 3.99. The van der Waals surface area contributed by atoms with Gasteiger partial charge in [0.2, 0.25) is 0 Å². The van der Waals surface area contributed by atoms with E-state index in [1.165, 1.54) is 25.1 Å². The van der Waals surface area contributed by atoms with Crippen LogP contribution in [-0.2, 0) is 0 Å². The number of hydrogen-bond donors (Lipinski definition) is 0. The largest absolute Gasteiger partial charge is 0.295 e. The maximum absolute atomic E-state index is 4.61. The van der Waals surface area contributed by atoms with Crippen molar-refractivity contribution in [2.75, 3.05) is 13.1 Å². The summed E-state index contributed by atoms with van der Waals surface area (Å²) in [5.74, 6) is 0. The predicted octanol–water partition coefficient (Wildman–Crippen LogP) is 2.55. The van der Waals surface area contributed by atoms with Crippen molar-refractivity contribution >= 4 is 0 Å². The lowest BCUT2D eigenvalue weighted by atomic mass is 10.1. The number of nitrogens with zero attached hydrogens (tertiary/aromatic N) is 2. The summed E-state index contributed by atoms with van der Waals surface area (Å²) in [6.45, 7) is 6.67. The fourth-order valence-corrected chi connectivity index (χ4v) is 2.29. The van der Waals surface area contributed by atoms with Crippen molar-refractivity contribution in [1.29, 1.82) is 0 Å². The maximum atomic E-state index is 4.61. The van der Waals surface area contributed by atoms with E-state index in [9.17, 15) is 0 Å². The van der Waals surface area contributed by atoms with Gasteiger partial charge in [-0.05, 0) is 45.0 Å². The van der Waals surface area contributed by atoms with E-state index < -0.39 is 0 Å². The summed E-state index contributed by atoms with van der Waals surface area (Å²) in [4.78, 5) is 7.13. The molecule has 1 aliphatic rings. The summed E-state index contributed by atoms with van der Waals surface area (Å²) in [6.07, 6.45) is 2.58. The Kier molecular flexibility index (Phi) is 2.82. The van der Waals surface area contributed by atoms with Crippen LogP contribution in [-0.4, -0.2) is 23.0 Å². The lowest BCUT2D eigenvalue weighted by Crippen LogP contribution is -2.23. The van der Waals surface area contributed by atoms with E-state index in [0.29, 0.717) is 6.04 Å². The Morgan fingerprint density at radius 3 is 3.07 bits per heavy atom. The molecular formula is C12H18N2. The first-order valence-electron chi connectivity index (χ1n) is 5.49. The van der Waals surface area contributed by atoms with Gasteiger partial charge in [-0.2, -0.15) is 0 Å². The highest BCUT2D eigenvalue weighted by atomic mass is 15.2. The zero-order valence-corrected chi connectivity index (χ0v) is 9.03. The molecule has 0 amide bonds. The van der Waals surface area contributed by atoms with Crippen molar-refractivity contribution in [1.82, 2.24) is 9.88 Å². The lowest BCUT2D eigenvalue weighted by molar-refractivity contribution is 0.267. The average molecular weight is 190 g/mol. The van der Waals surface area contributed by atoms with E-state index in [1.54, 1.807) is 0 Å². The molecule has 14 heavy (non-hydrogen) atoms. The summed E-state index contributed by atoms with van der Waals surface area (Å²) in [6, 6.07) is 6.91. The number of pyridine rings is 1. The van der Waals surface area contributed by atoms with Crippen LogP contribution < -0.4 is 0 Å². The molecule has 1 aliphatic heterocycles. The van der Waals surface area contributed by atoms with Gasteiger partial charge in [0.25, 0.3) is 0 Å². The maximum Gasteiger partial charge on any atom is 0.0578 e. The van der Waals surface area contributed by atoms with Crippen LogP contribution in [0.3, 0.4) is 0 Å². The topological polar surface area (TPSA) is 16.1 Å². The third kappa shape index (κ3) is 1.80. The first-order chi connectivity index (χ1) is 6.81. The van der Waals surface area contributed by atoms with Crippen molar-refractivity contribution in [3.05, 3.63) is 29.6 Å². The molecule has 2 heteroatoms. The van der Waals surface area contributed by atoms with Crippen LogP contribution in [0.25, 0.3) is 0 Å². The molecular weight excluding hydrogens is 172 g/mol. The van der Waals surface area contributed by atoms with Crippen LogP contribution in [0.1, 0.15) is 37.2 Å². The summed E-state index contributed by atoms with van der Waals surface area (Å²) < 4.78 is 0. The van der Waals surface area contributed by atoms with Gasteiger partial charge >= 0.3 is 0 Å². The van der Waals surface area contributed by atoms with Crippen molar-refractivity contribution in [3.8, 4) is 0 Å². The molecule has 0 bridgehead atoms. The Hall–Kier alpha value is -0.890. The quantitative estimate of drug-likeness (QED) is 0.712. The Balaban J connectivity index is 2.21. The first kappa shape index (κ1) is 9.66. The summed E-state index contributed by atoms with van der Waals surface area (Å²) >= 11 is 0. The molecule has 0 aliphatic carbocycles. The highest BCUT2D eigenvalue weighted by molar-refractivity contribution is 5.14. The summed E-state index contributed by atoms with van der Waals surface area (Å²) in [7, 11) is 0. The SMILES string of the molecule is CCN1CCCC1c1cccc(C)n1. The normalized spacial score (nSPS) is 22.9. The van der Waals surface area contributed by atoms with Gasteiger partial charge in [-0.3, -0.25) is 9.88 Å². The molecule has 2 heterocycles. The standard InChI is InChI=1S/C12H18N2/c1-3-14-9-5-8-12(14)11-7-4-6-10(2)13-11/h4,6-7,12H,3,5,8-9H2,1-2H3. The number of likely N-dealkylation sites (tertiary alicyclic amines) is 1. The van der Waals surface area contributed by atoms with Gasteiger partial charge in [0.05, 0.1) is 11.7 Å². The third-order valence-corrected chi connectivity index (χ3v) is 3.02.